The molecule has 2 unspecified atom stereocenters. The molecule has 28 heavy (non-hydrogen) atoms. The molecule has 9 heteroatoms. The Kier molecular flexibility index (Phi) is 7.06. The van der Waals surface area contributed by atoms with Gasteiger partial charge in [-0.2, -0.15) is 5.26 Å². The van der Waals surface area contributed by atoms with Crippen LogP contribution in [0.25, 0.3) is 0 Å². The third kappa shape index (κ3) is 4.83. The predicted molar refractivity (Wildman–Crippen MR) is 114 cm³/mol. The molecule has 0 aliphatic carbocycles. The number of nitrogens with zero attached hydrogens (tertiary/aromatic N) is 2. The molecule has 0 saturated carbocycles. The number of benzene rings is 1. The van der Waals surface area contributed by atoms with Crippen LogP contribution in [-0.2, 0) is 16.3 Å². The number of pyridine rings is 1. The Morgan fingerprint density at radius 3 is 2.50 bits per heavy atom. The van der Waals surface area contributed by atoms with Crippen LogP contribution in [0.15, 0.2) is 44.6 Å². The molecule has 0 aliphatic heterocycles. The van der Waals surface area contributed by atoms with Crippen LogP contribution in [0.1, 0.15) is 42.9 Å². The second-order valence-corrected chi connectivity index (χ2v) is 9.45. The molecule has 0 amide bonds. The highest BCUT2D eigenvalue weighted by atomic mass is 79.9. The molecule has 0 saturated heterocycles. The lowest BCUT2D eigenvalue weighted by molar-refractivity contribution is 0.135. The van der Waals surface area contributed by atoms with Crippen LogP contribution >= 0.6 is 15.9 Å². The average Bonchev–Trinajstić information content (AvgIpc) is 2.64. The SMILES string of the molecule is C=S(=O)(NC#N)c1ccc(CNC(O)c2cn(C(C)C)c(C)c(Br)c2=O)cc1. The first-order valence-corrected chi connectivity index (χ1v) is 11.0. The molecule has 0 radical (unpaired) electrons. The maximum Gasteiger partial charge on any atom is 0.203 e. The molecule has 0 aliphatic rings. The summed E-state index contributed by atoms with van der Waals surface area (Å²) in [5.74, 6) is 3.52. The molecule has 1 aromatic heterocycles. The fourth-order valence-electron chi connectivity index (χ4n) is 2.73. The van der Waals surface area contributed by atoms with Gasteiger partial charge in [0.05, 0.1) is 24.6 Å². The molecule has 0 fully saturated rings. The highest BCUT2D eigenvalue weighted by molar-refractivity contribution is 9.10. The number of hydrogen-bond acceptors (Lipinski definition) is 5. The smallest absolute Gasteiger partial charge is 0.203 e. The number of aromatic nitrogens is 1. The maximum absolute atomic E-state index is 12.5. The van der Waals surface area contributed by atoms with Gasteiger partial charge >= 0.3 is 0 Å². The van der Waals surface area contributed by atoms with Gasteiger partial charge in [0.25, 0.3) is 0 Å². The summed E-state index contributed by atoms with van der Waals surface area (Å²) in [7, 11) is -2.86. The van der Waals surface area contributed by atoms with E-state index in [1.54, 1.807) is 36.7 Å². The molecule has 0 spiro atoms. The summed E-state index contributed by atoms with van der Waals surface area (Å²) in [6.45, 7) is 6.13. The van der Waals surface area contributed by atoms with Crippen molar-refractivity contribution in [2.24, 2.45) is 0 Å². The average molecular weight is 467 g/mol. The standard InChI is InChI=1S/C19H23BrN4O3S/c1-12(2)24-10-16(18(25)17(20)13(24)3)19(26)22-9-14-5-7-15(8-6-14)28(4,27)23-11-21/h5-8,10,12,19,22,26H,4,9H2,1-3H3,(H,23,27). The van der Waals surface area contributed by atoms with Crippen LogP contribution in [0.2, 0.25) is 0 Å². The highest BCUT2D eigenvalue weighted by Crippen LogP contribution is 2.20. The van der Waals surface area contributed by atoms with Crippen LogP contribution < -0.4 is 15.5 Å². The summed E-state index contributed by atoms with van der Waals surface area (Å²) in [6, 6.07) is 6.79. The van der Waals surface area contributed by atoms with Gasteiger partial charge in [0.1, 0.15) is 6.23 Å². The van der Waals surface area contributed by atoms with E-state index < -0.39 is 15.9 Å². The zero-order chi connectivity index (χ0) is 21.1. The van der Waals surface area contributed by atoms with Gasteiger partial charge in [0.15, 0.2) is 6.19 Å². The first-order chi connectivity index (χ1) is 13.1. The topological polar surface area (TPSA) is 107 Å². The van der Waals surface area contributed by atoms with Gasteiger partial charge in [-0.3, -0.25) is 10.1 Å². The van der Waals surface area contributed by atoms with E-state index in [1.807, 2.05) is 25.3 Å². The van der Waals surface area contributed by atoms with Crippen LogP contribution in [-0.4, -0.2) is 19.8 Å². The Hall–Kier alpha value is -2.12. The Morgan fingerprint density at radius 2 is 1.96 bits per heavy atom. The summed E-state index contributed by atoms with van der Waals surface area (Å²) in [5, 5.41) is 22.0. The van der Waals surface area contributed by atoms with E-state index in [4.69, 9.17) is 5.26 Å². The molecule has 3 N–H and O–H groups in total. The summed E-state index contributed by atoms with van der Waals surface area (Å²) in [6.07, 6.45) is 2.16. The summed E-state index contributed by atoms with van der Waals surface area (Å²) in [5.41, 5.74) is 1.60. The number of nitriles is 1. The number of aliphatic hydroxyl groups is 1. The predicted octanol–water partition coefficient (Wildman–Crippen LogP) is 2.34. The Balaban J connectivity index is 2.18. The fraction of sp³-hybridized carbons (Fsp3) is 0.316. The normalized spacial score (nSPS) is 14.3. The van der Waals surface area contributed by atoms with Crippen molar-refractivity contribution in [1.29, 1.82) is 5.26 Å². The van der Waals surface area contributed by atoms with Crippen molar-refractivity contribution in [2.75, 3.05) is 0 Å². The molecule has 2 aromatic rings. The van der Waals surface area contributed by atoms with Gasteiger partial charge < -0.3 is 9.67 Å². The highest BCUT2D eigenvalue weighted by Gasteiger charge is 2.18. The van der Waals surface area contributed by atoms with Crippen molar-refractivity contribution < 1.29 is 9.32 Å². The van der Waals surface area contributed by atoms with Gasteiger partial charge in [0.2, 0.25) is 5.43 Å². The minimum atomic E-state index is -2.86. The molecule has 2 rings (SSSR count). The number of halogens is 1. The number of hydrogen-bond donors (Lipinski definition) is 3. The number of aliphatic hydroxyl groups excluding tert-OH is 1. The molecular weight excluding hydrogens is 444 g/mol. The van der Waals surface area contributed by atoms with E-state index in [2.05, 4.69) is 31.8 Å². The molecule has 150 valence electrons. The van der Waals surface area contributed by atoms with E-state index in [0.29, 0.717) is 9.37 Å². The third-order valence-electron chi connectivity index (χ3n) is 4.31. The van der Waals surface area contributed by atoms with Crippen LogP contribution in [0.4, 0.5) is 0 Å². The van der Waals surface area contributed by atoms with Gasteiger partial charge in [-0.25, -0.2) is 8.93 Å². The Bertz CT molecular complexity index is 1050. The summed E-state index contributed by atoms with van der Waals surface area (Å²) < 4.78 is 16.7. The van der Waals surface area contributed by atoms with Gasteiger partial charge in [-0.15, -0.1) is 0 Å². The first-order valence-electron chi connectivity index (χ1n) is 8.53. The van der Waals surface area contributed by atoms with Crippen LogP contribution in [0.3, 0.4) is 0 Å². The number of nitrogens with one attached hydrogen (secondary N) is 2. The first kappa shape index (κ1) is 22.2. The van der Waals surface area contributed by atoms with Crippen molar-refractivity contribution in [3.8, 4) is 6.19 Å². The van der Waals surface area contributed by atoms with Crippen molar-refractivity contribution in [3.05, 3.63) is 62.0 Å². The van der Waals surface area contributed by atoms with E-state index in [1.165, 1.54) is 0 Å². The monoisotopic (exact) mass is 466 g/mol. The molecule has 1 heterocycles. The van der Waals surface area contributed by atoms with E-state index >= 15 is 0 Å². The molecule has 1 aromatic carbocycles. The lowest BCUT2D eigenvalue weighted by Crippen LogP contribution is -2.28. The maximum atomic E-state index is 12.5. The summed E-state index contributed by atoms with van der Waals surface area (Å²) >= 11 is 3.32. The zero-order valence-corrected chi connectivity index (χ0v) is 18.3. The van der Waals surface area contributed by atoms with Gasteiger partial charge in [-0.1, -0.05) is 12.1 Å². The quantitative estimate of drug-likeness (QED) is 0.251. The summed E-state index contributed by atoms with van der Waals surface area (Å²) in [4.78, 5) is 12.9. The minimum Gasteiger partial charge on any atom is -0.374 e. The van der Waals surface area contributed by atoms with E-state index in [-0.39, 0.29) is 23.6 Å². The zero-order valence-electron chi connectivity index (χ0n) is 15.9. The van der Waals surface area contributed by atoms with Crippen molar-refractivity contribution in [1.82, 2.24) is 14.6 Å². The van der Waals surface area contributed by atoms with Gasteiger partial charge in [0, 0.05) is 24.5 Å². The number of rotatable bonds is 7. The lowest BCUT2D eigenvalue weighted by atomic mass is 10.1. The Labute approximate surface area is 173 Å². The van der Waals surface area contributed by atoms with E-state index in [0.717, 1.165) is 11.3 Å². The second-order valence-electron chi connectivity index (χ2n) is 6.63. The minimum absolute atomic E-state index is 0.134. The fourth-order valence-corrected chi connectivity index (χ4v) is 4.00. The van der Waals surface area contributed by atoms with Crippen LogP contribution in [0.5, 0.6) is 0 Å². The second kappa shape index (κ2) is 8.92. The largest absolute Gasteiger partial charge is 0.374 e. The van der Waals surface area contributed by atoms with Gasteiger partial charge in [-0.05, 0) is 60.3 Å². The molecule has 7 nitrogen and oxygen atoms in total. The Morgan fingerprint density at radius 1 is 1.36 bits per heavy atom. The third-order valence-corrected chi connectivity index (χ3v) is 6.70. The van der Waals surface area contributed by atoms with Crippen molar-refractivity contribution in [2.45, 2.75) is 44.5 Å². The lowest BCUT2D eigenvalue weighted by Gasteiger charge is -2.20. The molecule has 0 bridgehead atoms. The molecule has 2 atom stereocenters. The van der Waals surface area contributed by atoms with Crippen molar-refractivity contribution in [3.63, 3.8) is 0 Å². The van der Waals surface area contributed by atoms with Crippen molar-refractivity contribution >= 4 is 31.5 Å². The van der Waals surface area contributed by atoms with Crippen LogP contribution in [0, 0.1) is 18.4 Å². The molecular formula is C19H23BrN4O3S. The van der Waals surface area contributed by atoms with E-state index in [9.17, 15) is 14.1 Å².